The molecular weight excluding hydrogens is 146 g/mol. The monoisotopic (exact) mass is 163 g/mol. The SMILES string of the molecule is CC[C@@H](N)Cc1cccc(C)c1. The van der Waals surface area contributed by atoms with E-state index in [2.05, 4.69) is 38.1 Å². The van der Waals surface area contributed by atoms with E-state index in [1.54, 1.807) is 0 Å². The van der Waals surface area contributed by atoms with Crippen LogP contribution in [0.2, 0.25) is 0 Å². The zero-order valence-electron chi connectivity index (χ0n) is 7.88. The van der Waals surface area contributed by atoms with E-state index in [9.17, 15) is 0 Å². The second kappa shape index (κ2) is 4.27. The van der Waals surface area contributed by atoms with Crippen molar-refractivity contribution in [3.63, 3.8) is 0 Å². The van der Waals surface area contributed by atoms with Crippen LogP contribution >= 0.6 is 0 Å². The third-order valence-electron chi connectivity index (χ3n) is 2.10. The third-order valence-corrected chi connectivity index (χ3v) is 2.10. The van der Waals surface area contributed by atoms with E-state index in [0.717, 1.165) is 12.8 Å². The Labute approximate surface area is 74.6 Å². The van der Waals surface area contributed by atoms with Gasteiger partial charge in [0.25, 0.3) is 0 Å². The van der Waals surface area contributed by atoms with Crippen LogP contribution in [0.3, 0.4) is 0 Å². The maximum atomic E-state index is 5.86. The minimum Gasteiger partial charge on any atom is -0.327 e. The molecule has 0 bridgehead atoms. The molecule has 12 heavy (non-hydrogen) atoms. The van der Waals surface area contributed by atoms with Gasteiger partial charge in [-0.25, -0.2) is 0 Å². The Morgan fingerprint density at radius 1 is 1.42 bits per heavy atom. The van der Waals surface area contributed by atoms with E-state index in [4.69, 9.17) is 5.73 Å². The van der Waals surface area contributed by atoms with Crippen LogP contribution in [0.15, 0.2) is 24.3 Å². The molecular formula is C11H17N. The second-order valence-corrected chi connectivity index (χ2v) is 3.36. The molecule has 66 valence electrons. The summed E-state index contributed by atoms with van der Waals surface area (Å²) in [5.74, 6) is 0. The molecule has 0 spiro atoms. The lowest BCUT2D eigenvalue weighted by Crippen LogP contribution is -2.21. The third kappa shape index (κ3) is 2.67. The number of benzene rings is 1. The van der Waals surface area contributed by atoms with Crippen molar-refractivity contribution in [1.29, 1.82) is 0 Å². The van der Waals surface area contributed by atoms with Crippen molar-refractivity contribution in [2.24, 2.45) is 5.73 Å². The maximum absolute atomic E-state index is 5.86. The number of nitrogens with two attached hydrogens (primary N) is 1. The van der Waals surface area contributed by atoms with Gasteiger partial charge in [0, 0.05) is 6.04 Å². The number of hydrogen-bond acceptors (Lipinski definition) is 1. The van der Waals surface area contributed by atoms with Crippen LogP contribution in [0.1, 0.15) is 24.5 Å². The fourth-order valence-electron chi connectivity index (χ4n) is 1.29. The zero-order chi connectivity index (χ0) is 8.97. The predicted octanol–water partition coefficient (Wildman–Crippen LogP) is 2.27. The van der Waals surface area contributed by atoms with Crippen LogP contribution in [0.5, 0.6) is 0 Å². The topological polar surface area (TPSA) is 26.0 Å². The average Bonchev–Trinajstić information content (AvgIpc) is 2.04. The number of hydrogen-bond donors (Lipinski definition) is 1. The Kier molecular flexibility index (Phi) is 3.30. The van der Waals surface area contributed by atoms with Crippen LogP contribution in [0.4, 0.5) is 0 Å². The summed E-state index contributed by atoms with van der Waals surface area (Å²) in [5.41, 5.74) is 8.52. The number of rotatable bonds is 3. The van der Waals surface area contributed by atoms with Gasteiger partial charge in [0.15, 0.2) is 0 Å². The van der Waals surface area contributed by atoms with Crippen LogP contribution in [0, 0.1) is 6.92 Å². The van der Waals surface area contributed by atoms with E-state index >= 15 is 0 Å². The molecule has 2 N–H and O–H groups in total. The van der Waals surface area contributed by atoms with Gasteiger partial charge in [0.1, 0.15) is 0 Å². The molecule has 0 fully saturated rings. The molecule has 0 unspecified atom stereocenters. The summed E-state index contributed by atoms with van der Waals surface area (Å²) in [7, 11) is 0. The van der Waals surface area contributed by atoms with Gasteiger partial charge in [-0.3, -0.25) is 0 Å². The quantitative estimate of drug-likeness (QED) is 0.726. The lowest BCUT2D eigenvalue weighted by Gasteiger charge is -2.08. The van der Waals surface area contributed by atoms with Gasteiger partial charge >= 0.3 is 0 Å². The number of aryl methyl sites for hydroxylation is 1. The maximum Gasteiger partial charge on any atom is 0.00766 e. The van der Waals surface area contributed by atoms with Crippen molar-refractivity contribution in [3.05, 3.63) is 35.4 Å². The van der Waals surface area contributed by atoms with Gasteiger partial charge in [-0.05, 0) is 25.3 Å². The van der Waals surface area contributed by atoms with Gasteiger partial charge in [-0.1, -0.05) is 36.8 Å². The summed E-state index contributed by atoms with van der Waals surface area (Å²) in [6.45, 7) is 4.24. The fourth-order valence-corrected chi connectivity index (χ4v) is 1.29. The Hall–Kier alpha value is -0.820. The Balaban J connectivity index is 2.63. The van der Waals surface area contributed by atoms with Crippen LogP contribution < -0.4 is 5.73 Å². The van der Waals surface area contributed by atoms with E-state index in [-0.39, 0.29) is 0 Å². The summed E-state index contributed by atoms with van der Waals surface area (Å²) in [5, 5.41) is 0. The molecule has 1 atom stereocenters. The van der Waals surface area contributed by atoms with E-state index in [1.807, 2.05) is 0 Å². The Bertz CT molecular complexity index is 243. The zero-order valence-corrected chi connectivity index (χ0v) is 7.88. The van der Waals surface area contributed by atoms with Crippen molar-refractivity contribution < 1.29 is 0 Å². The minimum absolute atomic E-state index is 0.312. The molecule has 0 aromatic heterocycles. The molecule has 1 heteroatoms. The minimum atomic E-state index is 0.312. The highest BCUT2D eigenvalue weighted by Gasteiger charge is 2.00. The normalized spacial score (nSPS) is 12.9. The van der Waals surface area contributed by atoms with Crippen molar-refractivity contribution in [2.45, 2.75) is 32.7 Å². The summed E-state index contributed by atoms with van der Waals surface area (Å²) >= 11 is 0. The smallest absolute Gasteiger partial charge is 0.00766 e. The van der Waals surface area contributed by atoms with Gasteiger partial charge < -0.3 is 5.73 Å². The van der Waals surface area contributed by atoms with Crippen molar-refractivity contribution in [1.82, 2.24) is 0 Å². The molecule has 0 aliphatic rings. The van der Waals surface area contributed by atoms with E-state index in [0.29, 0.717) is 6.04 Å². The van der Waals surface area contributed by atoms with Crippen LogP contribution in [0.25, 0.3) is 0 Å². The largest absolute Gasteiger partial charge is 0.327 e. The Morgan fingerprint density at radius 2 is 2.17 bits per heavy atom. The highest BCUT2D eigenvalue weighted by atomic mass is 14.6. The van der Waals surface area contributed by atoms with Gasteiger partial charge in [-0.2, -0.15) is 0 Å². The first kappa shape index (κ1) is 9.27. The molecule has 1 aromatic rings. The van der Waals surface area contributed by atoms with Crippen LogP contribution in [-0.4, -0.2) is 6.04 Å². The van der Waals surface area contributed by atoms with Crippen LogP contribution in [-0.2, 0) is 6.42 Å². The highest BCUT2D eigenvalue weighted by Crippen LogP contribution is 2.06. The predicted molar refractivity (Wildman–Crippen MR) is 53.1 cm³/mol. The highest BCUT2D eigenvalue weighted by molar-refractivity contribution is 5.22. The Morgan fingerprint density at radius 3 is 2.75 bits per heavy atom. The molecule has 0 radical (unpaired) electrons. The first-order valence-corrected chi connectivity index (χ1v) is 4.53. The summed E-state index contributed by atoms with van der Waals surface area (Å²) in [4.78, 5) is 0. The first-order valence-electron chi connectivity index (χ1n) is 4.53. The molecule has 0 saturated heterocycles. The molecule has 1 rings (SSSR count). The molecule has 1 aromatic carbocycles. The lowest BCUT2D eigenvalue weighted by atomic mass is 10.0. The van der Waals surface area contributed by atoms with Crippen molar-refractivity contribution in [3.8, 4) is 0 Å². The lowest BCUT2D eigenvalue weighted by molar-refractivity contribution is 0.646. The van der Waals surface area contributed by atoms with Gasteiger partial charge in [0.2, 0.25) is 0 Å². The fraction of sp³-hybridized carbons (Fsp3) is 0.455. The summed E-state index contributed by atoms with van der Waals surface area (Å²) < 4.78 is 0. The van der Waals surface area contributed by atoms with E-state index < -0.39 is 0 Å². The van der Waals surface area contributed by atoms with Crippen molar-refractivity contribution in [2.75, 3.05) is 0 Å². The summed E-state index contributed by atoms with van der Waals surface area (Å²) in [6.07, 6.45) is 2.05. The molecule has 0 saturated carbocycles. The molecule has 0 amide bonds. The second-order valence-electron chi connectivity index (χ2n) is 3.36. The molecule has 1 nitrogen and oxygen atoms in total. The van der Waals surface area contributed by atoms with E-state index in [1.165, 1.54) is 11.1 Å². The first-order chi connectivity index (χ1) is 5.72. The average molecular weight is 163 g/mol. The van der Waals surface area contributed by atoms with Gasteiger partial charge in [0.05, 0.1) is 0 Å². The molecule has 0 heterocycles. The molecule has 0 aliphatic heterocycles. The summed E-state index contributed by atoms with van der Waals surface area (Å²) in [6, 6.07) is 8.86. The molecule has 0 aliphatic carbocycles. The van der Waals surface area contributed by atoms with Gasteiger partial charge in [-0.15, -0.1) is 0 Å². The standard InChI is InChI=1S/C11H17N/c1-3-11(12)8-10-6-4-5-9(2)7-10/h4-7,11H,3,8,12H2,1-2H3/t11-/m1/s1. The van der Waals surface area contributed by atoms with Crippen molar-refractivity contribution >= 4 is 0 Å².